The van der Waals surface area contributed by atoms with E-state index in [1.54, 1.807) is 12.1 Å². The van der Waals surface area contributed by atoms with Gasteiger partial charge in [0.1, 0.15) is 0 Å². The largest absolute Gasteiger partial charge is 0.368 e. The summed E-state index contributed by atoms with van der Waals surface area (Å²) in [5, 5.41) is 3.83. The standard InChI is InChI=1S/C15H16BrClNO3P/c1-20-22(19,21-2)15(11-3-5-12(16)6-4-11)18-14-9-7-13(17)8-10-14/h3-10,15,18H,1-2H3/t15-/m0/s1. The highest BCUT2D eigenvalue weighted by Gasteiger charge is 2.35. The third kappa shape index (κ3) is 4.12. The highest BCUT2D eigenvalue weighted by atomic mass is 79.9. The summed E-state index contributed by atoms with van der Waals surface area (Å²) in [5.41, 5.74) is 1.57. The molecule has 118 valence electrons. The van der Waals surface area contributed by atoms with Crippen LogP contribution in [0.15, 0.2) is 53.0 Å². The van der Waals surface area contributed by atoms with Crippen LogP contribution in [-0.2, 0) is 13.6 Å². The third-order valence-corrected chi connectivity index (χ3v) is 6.02. The molecule has 0 radical (unpaired) electrons. The Morgan fingerprint density at radius 2 is 1.59 bits per heavy atom. The first-order valence-electron chi connectivity index (χ1n) is 6.47. The van der Waals surface area contributed by atoms with Gasteiger partial charge in [-0.25, -0.2) is 0 Å². The van der Waals surface area contributed by atoms with Gasteiger partial charge in [-0.05, 0) is 42.0 Å². The summed E-state index contributed by atoms with van der Waals surface area (Å²) in [6, 6.07) is 14.6. The van der Waals surface area contributed by atoms with Crippen LogP contribution in [0.5, 0.6) is 0 Å². The fourth-order valence-corrected chi connectivity index (χ4v) is 3.78. The molecule has 0 saturated carbocycles. The van der Waals surface area contributed by atoms with Gasteiger partial charge in [0.15, 0.2) is 5.78 Å². The fraction of sp³-hybridized carbons (Fsp3) is 0.200. The van der Waals surface area contributed by atoms with Crippen molar-refractivity contribution in [3.63, 3.8) is 0 Å². The van der Waals surface area contributed by atoms with E-state index in [0.29, 0.717) is 5.02 Å². The van der Waals surface area contributed by atoms with E-state index < -0.39 is 13.4 Å². The zero-order chi connectivity index (χ0) is 16.2. The first kappa shape index (κ1) is 17.5. The normalized spacial score (nSPS) is 12.9. The molecule has 0 spiro atoms. The average Bonchev–Trinajstić information content (AvgIpc) is 2.54. The van der Waals surface area contributed by atoms with Crippen molar-refractivity contribution in [1.29, 1.82) is 0 Å². The van der Waals surface area contributed by atoms with Crippen LogP contribution in [0.4, 0.5) is 5.69 Å². The predicted octanol–water partition coefficient (Wildman–Crippen LogP) is 5.70. The van der Waals surface area contributed by atoms with Crippen LogP contribution in [0.3, 0.4) is 0 Å². The third-order valence-electron chi connectivity index (χ3n) is 3.16. The molecule has 1 N–H and O–H groups in total. The van der Waals surface area contributed by atoms with Gasteiger partial charge in [-0.15, -0.1) is 0 Å². The molecule has 0 amide bonds. The minimum absolute atomic E-state index is 0.628. The Balaban J connectivity index is 2.39. The SMILES string of the molecule is COP(=O)(OC)[C@H](Nc1ccc(Cl)cc1)c1ccc(Br)cc1. The molecule has 0 unspecified atom stereocenters. The van der Waals surface area contributed by atoms with Gasteiger partial charge in [-0.2, -0.15) is 0 Å². The average molecular weight is 405 g/mol. The van der Waals surface area contributed by atoms with Gasteiger partial charge >= 0.3 is 7.60 Å². The smallest absolute Gasteiger partial charge is 0.356 e. The highest BCUT2D eigenvalue weighted by Crippen LogP contribution is 2.59. The van der Waals surface area contributed by atoms with Gasteiger partial charge in [0.25, 0.3) is 0 Å². The van der Waals surface area contributed by atoms with Crippen molar-refractivity contribution in [2.45, 2.75) is 5.78 Å². The molecule has 0 fully saturated rings. The monoisotopic (exact) mass is 403 g/mol. The second-order valence-corrected chi connectivity index (χ2v) is 8.19. The van der Waals surface area contributed by atoms with Crippen molar-refractivity contribution in [1.82, 2.24) is 0 Å². The Morgan fingerprint density at radius 3 is 2.09 bits per heavy atom. The van der Waals surface area contributed by atoms with E-state index in [4.69, 9.17) is 20.6 Å². The van der Waals surface area contributed by atoms with Crippen LogP contribution in [0.2, 0.25) is 5.02 Å². The first-order valence-corrected chi connectivity index (χ1v) is 9.25. The van der Waals surface area contributed by atoms with Gasteiger partial charge in [0, 0.05) is 29.4 Å². The molecule has 2 aromatic carbocycles. The number of benzene rings is 2. The highest BCUT2D eigenvalue weighted by molar-refractivity contribution is 9.10. The Morgan fingerprint density at radius 1 is 1.05 bits per heavy atom. The Bertz CT molecular complexity index is 655. The van der Waals surface area contributed by atoms with Gasteiger partial charge in [-0.3, -0.25) is 4.57 Å². The van der Waals surface area contributed by atoms with Gasteiger partial charge in [0.2, 0.25) is 0 Å². The van der Waals surface area contributed by atoms with E-state index in [-0.39, 0.29) is 0 Å². The van der Waals surface area contributed by atoms with Crippen LogP contribution in [0, 0.1) is 0 Å². The van der Waals surface area contributed by atoms with Crippen molar-refractivity contribution in [3.05, 3.63) is 63.6 Å². The number of halogens is 2. The molecule has 22 heavy (non-hydrogen) atoms. The lowest BCUT2D eigenvalue weighted by Crippen LogP contribution is -2.13. The van der Waals surface area contributed by atoms with Crippen LogP contribution in [0.25, 0.3) is 0 Å². The van der Waals surface area contributed by atoms with Gasteiger partial charge < -0.3 is 14.4 Å². The molecule has 4 nitrogen and oxygen atoms in total. The fourth-order valence-electron chi connectivity index (χ4n) is 1.98. The molecule has 7 heteroatoms. The lowest BCUT2D eigenvalue weighted by molar-refractivity contribution is 0.268. The molecule has 0 aromatic heterocycles. The van der Waals surface area contributed by atoms with E-state index in [0.717, 1.165) is 15.7 Å². The van der Waals surface area contributed by atoms with E-state index in [1.165, 1.54) is 14.2 Å². The summed E-state index contributed by atoms with van der Waals surface area (Å²) >= 11 is 9.28. The molecule has 1 atom stereocenters. The summed E-state index contributed by atoms with van der Waals surface area (Å²) in [5.74, 6) is -0.628. The van der Waals surface area contributed by atoms with Crippen molar-refractivity contribution in [2.24, 2.45) is 0 Å². The molecule has 0 aliphatic carbocycles. The van der Waals surface area contributed by atoms with Gasteiger partial charge in [0.05, 0.1) is 0 Å². The van der Waals surface area contributed by atoms with Crippen LogP contribution < -0.4 is 5.32 Å². The maximum Gasteiger partial charge on any atom is 0.356 e. The van der Waals surface area contributed by atoms with E-state index in [1.807, 2.05) is 36.4 Å². The number of nitrogens with one attached hydrogen (secondary N) is 1. The number of hydrogen-bond acceptors (Lipinski definition) is 4. The maximum absolute atomic E-state index is 12.9. The second-order valence-electron chi connectivity index (χ2n) is 4.51. The van der Waals surface area contributed by atoms with Crippen molar-refractivity contribution in [3.8, 4) is 0 Å². The van der Waals surface area contributed by atoms with Crippen molar-refractivity contribution < 1.29 is 13.6 Å². The van der Waals surface area contributed by atoms with Gasteiger partial charge in [-0.1, -0.05) is 39.7 Å². The topological polar surface area (TPSA) is 47.6 Å². The lowest BCUT2D eigenvalue weighted by Gasteiger charge is -2.26. The lowest BCUT2D eigenvalue weighted by atomic mass is 10.2. The summed E-state index contributed by atoms with van der Waals surface area (Å²) in [7, 11) is -0.616. The van der Waals surface area contributed by atoms with E-state index >= 15 is 0 Å². The number of rotatable bonds is 6. The minimum Gasteiger partial charge on any atom is -0.368 e. The Hall–Kier alpha value is -0.840. The summed E-state index contributed by atoms with van der Waals surface area (Å²) in [4.78, 5) is 0. The maximum atomic E-state index is 12.9. The van der Waals surface area contributed by atoms with Crippen LogP contribution in [0.1, 0.15) is 11.3 Å². The van der Waals surface area contributed by atoms with Crippen LogP contribution >= 0.6 is 35.1 Å². The Labute approximate surface area is 143 Å². The molecule has 2 aromatic rings. The first-order chi connectivity index (χ1) is 10.5. The molecular formula is C15H16BrClNO3P. The van der Waals surface area contributed by atoms with Crippen molar-refractivity contribution >= 4 is 40.8 Å². The number of hydrogen-bond donors (Lipinski definition) is 1. The number of anilines is 1. The van der Waals surface area contributed by atoms with E-state index in [2.05, 4.69) is 21.2 Å². The second kappa shape index (κ2) is 7.62. The molecule has 2 rings (SSSR count). The Kier molecular flexibility index (Phi) is 6.07. The molecule has 0 aliphatic rings. The zero-order valence-electron chi connectivity index (χ0n) is 12.1. The molecule has 0 bridgehead atoms. The summed E-state index contributed by atoms with van der Waals surface area (Å²) in [6.07, 6.45) is 0. The summed E-state index contributed by atoms with van der Waals surface area (Å²) < 4.78 is 24.1. The minimum atomic E-state index is -3.37. The van der Waals surface area contributed by atoms with Crippen LogP contribution in [-0.4, -0.2) is 14.2 Å². The quantitative estimate of drug-likeness (QED) is 0.628. The molecule has 0 aliphatic heterocycles. The molecule has 0 heterocycles. The predicted molar refractivity (Wildman–Crippen MR) is 93.6 cm³/mol. The molecular weight excluding hydrogens is 389 g/mol. The molecule has 0 saturated heterocycles. The van der Waals surface area contributed by atoms with E-state index in [9.17, 15) is 4.57 Å². The summed E-state index contributed by atoms with van der Waals surface area (Å²) in [6.45, 7) is 0. The van der Waals surface area contributed by atoms with Crippen molar-refractivity contribution in [2.75, 3.05) is 19.5 Å². The zero-order valence-corrected chi connectivity index (χ0v) is 15.4.